The Morgan fingerprint density at radius 2 is 1.92 bits per heavy atom. The van der Waals surface area contributed by atoms with Crippen LogP contribution in [0.1, 0.15) is 30.9 Å². The molecule has 3 N–H and O–H groups in total. The highest BCUT2D eigenvalue weighted by atomic mass is 19.4. The third kappa shape index (κ3) is 5.96. The lowest BCUT2D eigenvalue weighted by molar-refractivity contribution is -0.139. The molecule has 0 saturated heterocycles. The number of allylic oxidation sites excluding steroid dienone is 2. The number of anilines is 1. The predicted octanol–water partition coefficient (Wildman–Crippen LogP) is 4.37. The van der Waals surface area contributed by atoms with Gasteiger partial charge in [-0.25, -0.2) is 4.79 Å². The molecule has 3 rings (SSSR count). The zero-order chi connectivity index (χ0) is 26.5. The van der Waals surface area contributed by atoms with Crippen molar-refractivity contribution in [2.24, 2.45) is 5.73 Å². The largest absolute Gasteiger partial charge is 0.484 e. The number of ether oxygens (including phenoxy) is 3. The molecular weight excluding hydrogens is 479 g/mol. The number of benzene rings is 2. The fraction of sp³-hybridized carbons (Fsp3) is 0.240. The first kappa shape index (κ1) is 26.2. The molecule has 1 amide bonds. The van der Waals surface area contributed by atoms with Gasteiger partial charge in [-0.05, 0) is 49.7 Å². The number of amides is 1. The minimum absolute atomic E-state index is 0.00286. The maximum Gasteiger partial charge on any atom is 0.416 e. The number of nitrogens with one attached hydrogen (secondary N) is 1. The molecule has 188 valence electrons. The second-order valence-electron chi connectivity index (χ2n) is 7.60. The molecule has 1 aliphatic heterocycles. The summed E-state index contributed by atoms with van der Waals surface area (Å²) < 4.78 is 54.6. The smallest absolute Gasteiger partial charge is 0.416 e. The van der Waals surface area contributed by atoms with Crippen LogP contribution in [0.15, 0.2) is 71.3 Å². The van der Waals surface area contributed by atoms with Gasteiger partial charge >= 0.3 is 12.1 Å². The third-order valence-electron chi connectivity index (χ3n) is 5.14. The lowest BCUT2D eigenvalue weighted by atomic mass is 9.83. The van der Waals surface area contributed by atoms with E-state index < -0.39 is 36.1 Å². The fourth-order valence-corrected chi connectivity index (χ4v) is 3.59. The van der Waals surface area contributed by atoms with Gasteiger partial charge in [0, 0.05) is 5.69 Å². The SMILES string of the molecule is CCOC(=O)C1=C(C)OC(N)=C(C#N)C1c1cccc(OCC(=O)Nc2cccc(C(F)(F)F)c2)c1. The van der Waals surface area contributed by atoms with Gasteiger partial charge in [-0.2, -0.15) is 18.4 Å². The van der Waals surface area contributed by atoms with Crippen LogP contribution in [-0.4, -0.2) is 25.1 Å². The van der Waals surface area contributed by atoms with E-state index in [1.807, 2.05) is 6.07 Å². The van der Waals surface area contributed by atoms with Crippen molar-refractivity contribution < 1.29 is 37.0 Å². The average Bonchev–Trinajstić information content (AvgIpc) is 2.82. The number of carbonyl (C=O) groups is 2. The summed E-state index contributed by atoms with van der Waals surface area (Å²) in [7, 11) is 0. The summed E-state index contributed by atoms with van der Waals surface area (Å²) in [6, 6.07) is 12.5. The monoisotopic (exact) mass is 501 g/mol. The van der Waals surface area contributed by atoms with Crippen molar-refractivity contribution in [1.29, 1.82) is 5.26 Å². The number of carbonyl (C=O) groups excluding carboxylic acids is 2. The van der Waals surface area contributed by atoms with E-state index in [1.165, 1.54) is 25.1 Å². The summed E-state index contributed by atoms with van der Waals surface area (Å²) >= 11 is 0. The van der Waals surface area contributed by atoms with Crippen LogP contribution in [0.5, 0.6) is 5.75 Å². The maximum atomic E-state index is 12.9. The molecule has 0 saturated carbocycles. The average molecular weight is 501 g/mol. The maximum absolute atomic E-state index is 12.9. The number of nitriles is 1. The Morgan fingerprint density at radius 1 is 1.19 bits per heavy atom. The second kappa shape index (κ2) is 10.9. The van der Waals surface area contributed by atoms with Crippen LogP contribution < -0.4 is 15.8 Å². The van der Waals surface area contributed by atoms with Gasteiger partial charge in [0.15, 0.2) is 6.61 Å². The van der Waals surface area contributed by atoms with E-state index >= 15 is 0 Å². The molecular formula is C25H22F3N3O5. The fourth-order valence-electron chi connectivity index (χ4n) is 3.59. The molecule has 0 aromatic heterocycles. The molecule has 1 unspecified atom stereocenters. The predicted molar refractivity (Wildman–Crippen MR) is 122 cm³/mol. The molecule has 2 aromatic rings. The molecule has 0 bridgehead atoms. The minimum Gasteiger partial charge on any atom is -0.484 e. The lowest BCUT2D eigenvalue weighted by Gasteiger charge is -2.27. The van der Waals surface area contributed by atoms with Crippen LogP contribution in [0, 0.1) is 11.3 Å². The van der Waals surface area contributed by atoms with Gasteiger partial charge in [-0.1, -0.05) is 18.2 Å². The molecule has 0 radical (unpaired) electrons. The molecule has 1 atom stereocenters. The van der Waals surface area contributed by atoms with E-state index in [0.717, 1.165) is 12.1 Å². The molecule has 2 aromatic carbocycles. The van der Waals surface area contributed by atoms with Crippen LogP contribution >= 0.6 is 0 Å². The van der Waals surface area contributed by atoms with Gasteiger partial charge in [0.05, 0.1) is 23.7 Å². The van der Waals surface area contributed by atoms with Gasteiger partial charge in [0.25, 0.3) is 5.91 Å². The first-order valence-corrected chi connectivity index (χ1v) is 10.7. The summed E-state index contributed by atoms with van der Waals surface area (Å²) in [5.41, 5.74) is 5.51. The van der Waals surface area contributed by atoms with Crippen molar-refractivity contribution in [3.05, 3.63) is 82.4 Å². The Balaban J connectivity index is 1.79. The highest BCUT2D eigenvalue weighted by Gasteiger charge is 2.36. The van der Waals surface area contributed by atoms with Crippen molar-refractivity contribution in [2.45, 2.75) is 25.9 Å². The van der Waals surface area contributed by atoms with Crippen molar-refractivity contribution >= 4 is 17.6 Å². The Morgan fingerprint density at radius 3 is 2.58 bits per heavy atom. The van der Waals surface area contributed by atoms with Crippen LogP contribution in [0.3, 0.4) is 0 Å². The molecule has 0 fully saturated rings. The van der Waals surface area contributed by atoms with Crippen molar-refractivity contribution in [1.82, 2.24) is 0 Å². The topological polar surface area (TPSA) is 124 Å². The van der Waals surface area contributed by atoms with Crippen molar-refractivity contribution in [3.63, 3.8) is 0 Å². The molecule has 8 nitrogen and oxygen atoms in total. The van der Waals surface area contributed by atoms with Gasteiger partial charge in [0.1, 0.15) is 23.2 Å². The van der Waals surface area contributed by atoms with Crippen molar-refractivity contribution in [3.8, 4) is 11.8 Å². The van der Waals surface area contributed by atoms with Gasteiger partial charge in [-0.15, -0.1) is 0 Å². The summed E-state index contributed by atoms with van der Waals surface area (Å²) in [6.45, 7) is 2.77. The molecule has 0 aliphatic carbocycles. The van der Waals surface area contributed by atoms with E-state index in [4.69, 9.17) is 19.9 Å². The Bertz CT molecular complexity index is 1280. The number of halogens is 3. The van der Waals surface area contributed by atoms with Gasteiger partial charge < -0.3 is 25.3 Å². The number of nitrogens with two attached hydrogens (primary N) is 1. The van der Waals surface area contributed by atoms with Crippen LogP contribution in [0.2, 0.25) is 0 Å². The second-order valence-corrected chi connectivity index (χ2v) is 7.60. The van der Waals surface area contributed by atoms with Crippen LogP contribution in [-0.2, 0) is 25.2 Å². The minimum atomic E-state index is -4.54. The molecule has 36 heavy (non-hydrogen) atoms. The summed E-state index contributed by atoms with van der Waals surface area (Å²) in [6.07, 6.45) is -4.54. The standard InChI is InChI=1S/C25H22F3N3O5/c1-3-34-24(33)21-14(2)36-23(30)19(12-29)22(21)15-6-4-9-18(10-15)35-13-20(32)31-17-8-5-7-16(11-17)25(26,27)28/h4-11,22H,3,13,30H2,1-2H3,(H,31,32). The number of alkyl halides is 3. The van der Waals surface area contributed by atoms with Crippen molar-refractivity contribution in [2.75, 3.05) is 18.5 Å². The van der Waals surface area contributed by atoms with Gasteiger partial charge in [-0.3, -0.25) is 4.79 Å². The molecule has 1 aliphatic rings. The molecule has 11 heteroatoms. The van der Waals surface area contributed by atoms with Crippen LogP contribution in [0.4, 0.5) is 18.9 Å². The number of hydrogen-bond donors (Lipinski definition) is 2. The zero-order valence-electron chi connectivity index (χ0n) is 19.3. The Labute approximate surface area is 204 Å². The normalized spacial score (nSPS) is 15.6. The number of esters is 1. The molecule has 0 spiro atoms. The van der Waals surface area contributed by atoms with E-state index in [9.17, 15) is 28.0 Å². The number of nitrogens with zero attached hydrogens (tertiary/aromatic N) is 1. The Kier molecular flexibility index (Phi) is 7.89. The van der Waals surface area contributed by atoms with Gasteiger partial charge in [0.2, 0.25) is 5.88 Å². The summed E-state index contributed by atoms with van der Waals surface area (Å²) in [5, 5.41) is 12.0. The zero-order valence-corrected chi connectivity index (χ0v) is 19.3. The summed E-state index contributed by atoms with van der Waals surface area (Å²) in [4.78, 5) is 24.9. The first-order valence-electron chi connectivity index (χ1n) is 10.7. The molecule has 1 heterocycles. The quantitative estimate of drug-likeness (QED) is 0.540. The van der Waals surface area contributed by atoms with E-state index in [2.05, 4.69) is 5.32 Å². The Hall–Kier alpha value is -4.46. The van der Waals surface area contributed by atoms with E-state index in [-0.39, 0.29) is 40.8 Å². The third-order valence-corrected chi connectivity index (χ3v) is 5.14. The van der Waals surface area contributed by atoms with Crippen LogP contribution in [0.25, 0.3) is 0 Å². The highest BCUT2D eigenvalue weighted by Crippen LogP contribution is 2.40. The number of hydrogen-bond acceptors (Lipinski definition) is 7. The van der Waals surface area contributed by atoms with E-state index in [1.54, 1.807) is 25.1 Å². The highest BCUT2D eigenvalue weighted by molar-refractivity contribution is 5.93. The lowest BCUT2D eigenvalue weighted by Crippen LogP contribution is -2.25. The number of rotatable bonds is 7. The van der Waals surface area contributed by atoms with E-state index in [0.29, 0.717) is 5.56 Å². The first-order chi connectivity index (χ1) is 17.0. The summed E-state index contributed by atoms with van der Waals surface area (Å²) in [5.74, 6) is -2.01.